The van der Waals surface area contributed by atoms with Gasteiger partial charge in [-0.3, -0.25) is 5.01 Å². The van der Waals surface area contributed by atoms with Crippen LogP contribution < -0.4 is 0 Å². The van der Waals surface area contributed by atoms with E-state index in [-0.39, 0.29) is 5.62 Å². The molecular formula is C7H14ClN3. The van der Waals surface area contributed by atoms with Crippen LogP contribution >= 0.6 is 11.6 Å². The van der Waals surface area contributed by atoms with E-state index in [2.05, 4.69) is 25.9 Å². The Bertz CT molecular complexity index is 158. The van der Waals surface area contributed by atoms with E-state index in [0.29, 0.717) is 6.04 Å². The lowest BCUT2D eigenvalue weighted by molar-refractivity contribution is 0.164. The van der Waals surface area contributed by atoms with E-state index in [1.54, 1.807) is 6.34 Å². The summed E-state index contributed by atoms with van der Waals surface area (Å²) in [7, 11) is 0. The highest BCUT2D eigenvalue weighted by Crippen LogP contribution is 2.18. The van der Waals surface area contributed by atoms with Crippen molar-refractivity contribution in [2.45, 2.75) is 32.4 Å². The first-order valence-electron chi connectivity index (χ1n) is 3.89. The fourth-order valence-electron chi connectivity index (χ4n) is 1.000. The molecule has 0 aliphatic carbocycles. The maximum absolute atomic E-state index is 6.07. The third kappa shape index (κ3) is 1.59. The van der Waals surface area contributed by atoms with Gasteiger partial charge >= 0.3 is 0 Å². The molecule has 0 aromatic rings. The van der Waals surface area contributed by atoms with Crippen molar-refractivity contribution in [2.75, 3.05) is 6.54 Å². The van der Waals surface area contributed by atoms with Gasteiger partial charge in [0.05, 0.1) is 0 Å². The van der Waals surface area contributed by atoms with Crippen LogP contribution in [0.25, 0.3) is 0 Å². The minimum absolute atomic E-state index is 0.0972. The Balaban J connectivity index is 2.56. The Labute approximate surface area is 72.6 Å². The lowest BCUT2D eigenvalue weighted by atomic mass is 10.4. The third-order valence-corrected chi connectivity index (χ3v) is 2.17. The Morgan fingerprint density at radius 2 is 2.27 bits per heavy atom. The fraction of sp³-hybridized carbons (Fsp3) is 0.857. The smallest absolute Gasteiger partial charge is 0.196 e. The van der Waals surface area contributed by atoms with Crippen molar-refractivity contribution in [3.05, 3.63) is 0 Å². The SMILES string of the molecule is CCN1C=NN(C(C)C)C1Cl. The highest BCUT2D eigenvalue weighted by molar-refractivity contribution is 6.20. The van der Waals surface area contributed by atoms with E-state index < -0.39 is 0 Å². The van der Waals surface area contributed by atoms with Gasteiger partial charge in [-0.2, -0.15) is 5.10 Å². The van der Waals surface area contributed by atoms with Crippen LogP contribution in [0.4, 0.5) is 0 Å². The summed E-state index contributed by atoms with van der Waals surface area (Å²) in [5.74, 6) is 0. The third-order valence-electron chi connectivity index (χ3n) is 1.72. The molecule has 1 aliphatic rings. The second kappa shape index (κ2) is 3.30. The van der Waals surface area contributed by atoms with Gasteiger partial charge in [0.2, 0.25) is 0 Å². The molecule has 64 valence electrons. The van der Waals surface area contributed by atoms with Crippen molar-refractivity contribution in [1.82, 2.24) is 9.91 Å². The van der Waals surface area contributed by atoms with Crippen LogP contribution in [0.3, 0.4) is 0 Å². The molecule has 1 heterocycles. The number of alkyl halides is 1. The van der Waals surface area contributed by atoms with Crippen LogP contribution in [0.5, 0.6) is 0 Å². The summed E-state index contributed by atoms with van der Waals surface area (Å²) in [6.07, 6.45) is 1.79. The van der Waals surface area contributed by atoms with Gasteiger partial charge in [-0.25, -0.2) is 0 Å². The van der Waals surface area contributed by atoms with Gasteiger partial charge in [-0.15, -0.1) is 0 Å². The molecule has 4 heteroatoms. The molecular weight excluding hydrogens is 162 g/mol. The maximum Gasteiger partial charge on any atom is 0.196 e. The molecule has 0 aromatic heterocycles. The Morgan fingerprint density at radius 1 is 1.64 bits per heavy atom. The molecule has 0 saturated carbocycles. The first-order chi connectivity index (χ1) is 5.16. The van der Waals surface area contributed by atoms with Crippen LogP contribution in [0.2, 0.25) is 0 Å². The molecule has 0 saturated heterocycles. The van der Waals surface area contributed by atoms with Gasteiger partial charge < -0.3 is 4.90 Å². The number of hydrazone groups is 1. The minimum Gasteiger partial charge on any atom is -0.327 e. The van der Waals surface area contributed by atoms with E-state index in [0.717, 1.165) is 6.54 Å². The molecule has 0 fully saturated rings. The van der Waals surface area contributed by atoms with Crippen LogP contribution in [0, 0.1) is 0 Å². The zero-order valence-electron chi connectivity index (χ0n) is 7.16. The highest BCUT2D eigenvalue weighted by Gasteiger charge is 2.25. The van der Waals surface area contributed by atoms with Gasteiger partial charge in [-0.05, 0) is 20.8 Å². The lowest BCUT2D eigenvalue weighted by Gasteiger charge is -2.26. The molecule has 1 rings (SSSR count). The fourth-order valence-corrected chi connectivity index (χ4v) is 1.46. The summed E-state index contributed by atoms with van der Waals surface area (Å²) in [6.45, 7) is 7.11. The molecule has 0 bridgehead atoms. The number of halogens is 1. The average molecular weight is 176 g/mol. The standard InChI is InChI=1S/C7H14ClN3/c1-4-10-5-9-11(6(2)3)7(10)8/h5-7H,4H2,1-3H3. The van der Waals surface area contributed by atoms with Crippen molar-refractivity contribution < 1.29 is 0 Å². The van der Waals surface area contributed by atoms with E-state index >= 15 is 0 Å². The molecule has 1 unspecified atom stereocenters. The molecule has 0 radical (unpaired) electrons. The highest BCUT2D eigenvalue weighted by atomic mass is 35.5. The summed E-state index contributed by atoms with van der Waals surface area (Å²) >= 11 is 6.07. The number of hydrogen-bond acceptors (Lipinski definition) is 3. The number of hydrogen-bond donors (Lipinski definition) is 0. The van der Waals surface area contributed by atoms with Crippen molar-refractivity contribution in [1.29, 1.82) is 0 Å². The maximum atomic E-state index is 6.07. The minimum atomic E-state index is -0.0972. The van der Waals surface area contributed by atoms with Gasteiger partial charge in [0, 0.05) is 12.6 Å². The average Bonchev–Trinajstić information content (AvgIpc) is 2.30. The first kappa shape index (κ1) is 8.65. The summed E-state index contributed by atoms with van der Waals surface area (Å²) in [5.41, 5.74) is -0.0972. The molecule has 3 nitrogen and oxygen atoms in total. The Hall–Kier alpha value is -0.440. The summed E-state index contributed by atoms with van der Waals surface area (Å²) in [4.78, 5) is 1.99. The van der Waals surface area contributed by atoms with Crippen molar-refractivity contribution in [3.8, 4) is 0 Å². The predicted molar refractivity (Wildman–Crippen MR) is 47.5 cm³/mol. The quantitative estimate of drug-likeness (QED) is 0.468. The molecule has 1 atom stereocenters. The molecule has 11 heavy (non-hydrogen) atoms. The van der Waals surface area contributed by atoms with E-state index in [9.17, 15) is 0 Å². The number of nitrogens with zero attached hydrogens (tertiary/aromatic N) is 3. The van der Waals surface area contributed by atoms with Crippen LogP contribution in [0.1, 0.15) is 20.8 Å². The molecule has 0 N–H and O–H groups in total. The molecule has 0 spiro atoms. The van der Waals surface area contributed by atoms with Crippen LogP contribution in [-0.2, 0) is 0 Å². The van der Waals surface area contributed by atoms with E-state index in [1.807, 2.05) is 9.91 Å². The molecule has 1 aliphatic heterocycles. The Kier molecular flexibility index (Phi) is 2.60. The summed E-state index contributed by atoms with van der Waals surface area (Å²) < 4.78 is 0. The van der Waals surface area contributed by atoms with Gasteiger partial charge in [0.1, 0.15) is 6.34 Å². The topological polar surface area (TPSA) is 18.8 Å². The van der Waals surface area contributed by atoms with Crippen molar-refractivity contribution in [2.24, 2.45) is 5.10 Å². The largest absolute Gasteiger partial charge is 0.327 e. The summed E-state index contributed by atoms with van der Waals surface area (Å²) in [5, 5.41) is 6.05. The van der Waals surface area contributed by atoms with E-state index in [4.69, 9.17) is 11.6 Å². The second-order valence-electron chi connectivity index (χ2n) is 2.85. The second-order valence-corrected chi connectivity index (χ2v) is 3.24. The summed E-state index contributed by atoms with van der Waals surface area (Å²) in [6, 6.07) is 0.366. The normalized spacial score (nSPS) is 23.9. The van der Waals surface area contributed by atoms with Gasteiger partial charge in [0.25, 0.3) is 0 Å². The first-order valence-corrected chi connectivity index (χ1v) is 4.32. The van der Waals surface area contributed by atoms with Crippen molar-refractivity contribution >= 4 is 17.9 Å². The van der Waals surface area contributed by atoms with Crippen LogP contribution in [0.15, 0.2) is 5.10 Å². The number of rotatable bonds is 2. The van der Waals surface area contributed by atoms with Gasteiger partial charge in [0.15, 0.2) is 5.62 Å². The zero-order valence-corrected chi connectivity index (χ0v) is 7.91. The van der Waals surface area contributed by atoms with Crippen LogP contribution in [-0.4, -0.2) is 34.5 Å². The molecule has 0 aromatic carbocycles. The van der Waals surface area contributed by atoms with Gasteiger partial charge in [-0.1, -0.05) is 11.6 Å². The monoisotopic (exact) mass is 175 g/mol. The Morgan fingerprint density at radius 3 is 2.55 bits per heavy atom. The van der Waals surface area contributed by atoms with E-state index in [1.165, 1.54) is 0 Å². The lowest BCUT2D eigenvalue weighted by Crippen LogP contribution is -2.38. The zero-order chi connectivity index (χ0) is 8.43. The predicted octanol–water partition coefficient (Wildman–Crippen LogP) is 1.50. The molecule has 0 amide bonds. The van der Waals surface area contributed by atoms with Crippen molar-refractivity contribution in [3.63, 3.8) is 0 Å².